The fraction of sp³-hybridized carbons (Fsp3) is 0.286. The minimum absolute atomic E-state index is 0.115. The summed E-state index contributed by atoms with van der Waals surface area (Å²) in [4.78, 5) is 38.0. The third-order valence-electron chi connectivity index (χ3n) is 4.67. The van der Waals surface area contributed by atoms with Gasteiger partial charge in [0.1, 0.15) is 0 Å². The van der Waals surface area contributed by atoms with E-state index in [0.717, 1.165) is 23.2 Å². The highest BCUT2D eigenvalue weighted by molar-refractivity contribution is 6.39. The number of carbonyl (C=O) groups is 3. The van der Waals surface area contributed by atoms with Crippen molar-refractivity contribution >= 4 is 29.1 Å². The number of amides is 3. The van der Waals surface area contributed by atoms with E-state index < -0.39 is 11.8 Å². The standard InChI is InChI=1S/C21H23N3O3/c1-14-13-17(10-11-18(14)24-12-6-9-19(24)25)23-21(27)20(26)22-15(2)16-7-4-3-5-8-16/h3-5,7-8,10-11,13,15H,6,9,12H2,1-2H3,(H,22,26)(H,23,27). The molecule has 2 aromatic carbocycles. The second-order valence-corrected chi connectivity index (χ2v) is 6.71. The lowest BCUT2D eigenvalue weighted by Gasteiger charge is -2.19. The van der Waals surface area contributed by atoms with E-state index in [0.29, 0.717) is 18.7 Å². The summed E-state index contributed by atoms with van der Waals surface area (Å²) in [5, 5.41) is 5.30. The molecule has 6 nitrogen and oxygen atoms in total. The number of hydrogen-bond donors (Lipinski definition) is 2. The van der Waals surface area contributed by atoms with Crippen molar-refractivity contribution in [3.63, 3.8) is 0 Å². The Hall–Kier alpha value is -3.15. The number of benzene rings is 2. The Morgan fingerprint density at radius 2 is 1.81 bits per heavy atom. The van der Waals surface area contributed by atoms with Gasteiger partial charge in [-0.2, -0.15) is 0 Å². The molecule has 2 aromatic rings. The van der Waals surface area contributed by atoms with Gasteiger partial charge in [0.15, 0.2) is 0 Å². The average molecular weight is 365 g/mol. The van der Waals surface area contributed by atoms with Crippen molar-refractivity contribution in [3.05, 3.63) is 59.7 Å². The van der Waals surface area contributed by atoms with Crippen LogP contribution in [-0.2, 0) is 14.4 Å². The summed E-state index contributed by atoms with van der Waals surface area (Å²) in [6.45, 7) is 4.42. The first-order chi connectivity index (χ1) is 13.0. The van der Waals surface area contributed by atoms with Gasteiger partial charge in [-0.05, 0) is 49.6 Å². The van der Waals surface area contributed by atoms with Crippen LogP contribution in [-0.4, -0.2) is 24.3 Å². The molecule has 1 heterocycles. The summed E-state index contributed by atoms with van der Waals surface area (Å²) in [6.07, 6.45) is 1.42. The molecule has 1 fully saturated rings. The first-order valence-corrected chi connectivity index (χ1v) is 9.03. The number of nitrogens with one attached hydrogen (secondary N) is 2. The lowest BCUT2D eigenvalue weighted by molar-refractivity contribution is -0.136. The third kappa shape index (κ3) is 4.34. The van der Waals surface area contributed by atoms with E-state index in [4.69, 9.17) is 0 Å². The van der Waals surface area contributed by atoms with Crippen LogP contribution in [0.5, 0.6) is 0 Å². The predicted molar refractivity (Wildman–Crippen MR) is 104 cm³/mol. The normalized spacial score (nSPS) is 14.7. The lowest BCUT2D eigenvalue weighted by Crippen LogP contribution is -2.36. The van der Waals surface area contributed by atoms with Crippen LogP contribution in [0.4, 0.5) is 11.4 Å². The Kier molecular flexibility index (Phi) is 5.54. The van der Waals surface area contributed by atoms with Gasteiger partial charge >= 0.3 is 11.8 Å². The molecule has 27 heavy (non-hydrogen) atoms. The Labute approximate surface area is 158 Å². The van der Waals surface area contributed by atoms with Gasteiger partial charge in [-0.1, -0.05) is 30.3 Å². The molecule has 1 unspecified atom stereocenters. The van der Waals surface area contributed by atoms with E-state index in [1.54, 1.807) is 23.1 Å². The maximum atomic E-state index is 12.2. The number of nitrogens with zero attached hydrogens (tertiary/aromatic N) is 1. The number of aryl methyl sites for hydroxylation is 1. The molecule has 0 radical (unpaired) electrons. The molecule has 1 aliphatic heterocycles. The van der Waals surface area contributed by atoms with Crippen LogP contribution in [0.25, 0.3) is 0 Å². The van der Waals surface area contributed by atoms with Crippen LogP contribution in [0.2, 0.25) is 0 Å². The molecule has 0 spiro atoms. The maximum Gasteiger partial charge on any atom is 0.313 e. The highest BCUT2D eigenvalue weighted by atomic mass is 16.2. The zero-order valence-corrected chi connectivity index (χ0v) is 15.5. The van der Waals surface area contributed by atoms with Crippen LogP contribution in [0.3, 0.4) is 0 Å². The number of rotatable bonds is 4. The van der Waals surface area contributed by atoms with Crippen molar-refractivity contribution < 1.29 is 14.4 Å². The molecule has 3 amide bonds. The summed E-state index contributed by atoms with van der Waals surface area (Å²) in [5.41, 5.74) is 3.17. The molecular formula is C21H23N3O3. The highest BCUT2D eigenvalue weighted by Gasteiger charge is 2.23. The van der Waals surface area contributed by atoms with Crippen LogP contribution < -0.4 is 15.5 Å². The monoisotopic (exact) mass is 365 g/mol. The number of carbonyl (C=O) groups excluding carboxylic acids is 3. The third-order valence-corrected chi connectivity index (χ3v) is 4.67. The molecule has 1 aliphatic rings. The molecular weight excluding hydrogens is 342 g/mol. The zero-order chi connectivity index (χ0) is 19.4. The predicted octanol–water partition coefficient (Wildman–Crippen LogP) is 2.94. The van der Waals surface area contributed by atoms with Gasteiger partial charge in [-0.25, -0.2) is 0 Å². The van der Waals surface area contributed by atoms with Crippen LogP contribution >= 0.6 is 0 Å². The minimum Gasteiger partial charge on any atom is -0.341 e. The minimum atomic E-state index is -0.720. The molecule has 0 aliphatic carbocycles. The van der Waals surface area contributed by atoms with E-state index >= 15 is 0 Å². The van der Waals surface area contributed by atoms with Crippen LogP contribution in [0.15, 0.2) is 48.5 Å². The first kappa shape index (κ1) is 18.6. The molecule has 0 bridgehead atoms. The SMILES string of the molecule is Cc1cc(NC(=O)C(=O)NC(C)c2ccccc2)ccc1N1CCCC1=O. The van der Waals surface area contributed by atoms with Gasteiger partial charge in [0.2, 0.25) is 5.91 Å². The first-order valence-electron chi connectivity index (χ1n) is 9.03. The second-order valence-electron chi connectivity index (χ2n) is 6.71. The Bertz CT molecular complexity index is 864. The summed E-state index contributed by atoms with van der Waals surface area (Å²) in [5.74, 6) is -1.30. The fourth-order valence-corrected chi connectivity index (χ4v) is 3.21. The maximum absolute atomic E-state index is 12.2. The molecule has 3 rings (SSSR count). The van der Waals surface area contributed by atoms with Gasteiger partial charge in [0.05, 0.1) is 6.04 Å². The van der Waals surface area contributed by atoms with Crippen LogP contribution in [0, 0.1) is 6.92 Å². The topological polar surface area (TPSA) is 78.5 Å². The number of hydrogen-bond acceptors (Lipinski definition) is 3. The molecule has 2 N–H and O–H groups in total. The van der Waals surface area contributed by atoms with Crippen molar-refractivity contribution in [1.82, 2.24) is 5.32 Å². The van der Waals surface area contributed by atoms with Gasteiger partial charge in [0, 0.05) is 24.3 Å². The highest BCUT2D eigenvalue weighted by Crippen LogP contribution is 2.27. The van der Waals surface area contributed by atoms with E-state index in [2.05, 4.69) is 10.6 Å². The van der Waals surface area contributed by atoms with E-state index in [1.165, 1.54) is 0 Å². The van der Waals surface area contributed by atoms with Crippen molar-refractivity contribution in [3.8, 4) is 0 Å². The summed E-state index contributed by atoms with van der Waals surface area (Å²) in [7, 11) is 0. The van der Waals surface area contributed by atoms with Crippen molar-refractivity contribution in [2.75, 3.05) is 16.8 Å². The second kappa shape index (κ2) is 8.03. The molecule has 6 heteroatoms. The van der Waals surface area contributed by atoms with Crippen molar-refractivity contribution in [1.29, 1.82) is 0 Å². The largest absolute Gasteiger partial charge is 0.341 e. The molecule has 1 atom stereocenters. The summed E-state index contributed by atoms with van der Waals surface area (Å²) >= 11 is 0. The molecule has 140 valence electrons. The average Bonchev–Trinajstić information content (AvgIpc) is 3.08. The Morgan fingerprint density at radius 1 is 1.07 bits per heavy atom. The summed E-state index contributed by atoms with van der Waals surface area (Å²) < 4.78 is 0. The molecule has 0 aromatic heterocycles. The quantitative estimate of drug-likeness (QED) is 0.818. The van der Waals surface area contributed by atoms with Gasteiger partial charge < -0.3 is 15.5 Å². The van der Waals surface area contributed by atoms with Crippen molar-refractivity contribution in [2.24, 2.45) is 0 Å². The number of anilines is 2. The van der Waals surface area contributed by atoms with Gasteiger partial charge in [-0.15, -0.1) is 0 Å². The zero-order valence-electron chi connectivity index (χ0n) is 15.5. The summed E-state index contributed by atoms with van der Waals surface area (Å²) in [6, 6.07) is 14.5. The van der Waals surface area contributed by atoms with E-state index in [9.17, 15) is 14.4 Å². The fourth-order valence-electron chi connectivity index (χ4n) is 3.21. The van der Waals surface area contributed by atoms with E-state index in [-0.39, 0.29) is 11.9 Å². The lowest BCUT2D eigenvalue weighted by atomic mass is 10.1. The smallest absolute Gasteiger partial charge is 0.313 e. The molecule has 1 saturated heterocycles. The van der Waals surface area contributed by atoms with Gasteiger partial charge in [0.25, 0.3) is 0 Å². The molecule has 0 saturated carbocycles. The Balaban J connectivity index is 1.62. The Morgan fingerprint density at radius 3 is 2.44 bits per heavy atom. The van der Waals surface area contributed by atoms with Gasteiger partial charge in [-0.3, -0.25) is 14.4 Å². The van der Waals surface area contributed by atoms with Crippen molar-refractivity contribution in [2.45, 2.75) is 32.7 Å². The van der Waals surface area contributed by atoms with Crippen LogP contribution in [0.1, 0.15) is 36.9 Å². The van der Waals surface area contributed by atoms with E-state index in [1.807, 2.05) is 44.2 Å².